The van der Waals surface area contributed by atoms with Gasteiger partial charge >= 0.3 is 5.97 Å². The van der Waals surface area contributed by atoms with Crippen molar-refractivity contribution in [1.29, 1.82) is 0 Å². The number of aryl methyl sites for hydroxylation is 2. The fraction of sp³-hybridized carbons (Fsp3) is 0.382. The second-order valence-electron chi connectivity index (χ2n) is 11.7. The molecule has 0 saturated carbocycles. The predicted molar refractivity (Wildman–Crippen MR) is 167 cm³/mol. The number of methoxy groups -OCH3 is 2. The number of benzene rings is 3. The van der Waals surface area contributed by atoms with E-state index in [9.17, 15) is 13.2 Å². The number of aromatic nitrogens is 1. The number of hydrogen-bond acceptors (Lipinski definition) is 7. The minimum absolute atomic E-state index is 0.0919. The third-order valence-electron chi connectivity index (χ3n) is 9.17. The highest BCUT2D eigenvalue weighted by Crippen LogP contribution is 2.38. The zero-order valence-corrected chi connectivity index (χ0v) is 26.1. The van der Waals surface area contributed by atoms with Crippen LogP contribution in [0.4, 0.5) is 0 Å². The van der Waals surface area contributed by atoms with Crippen molar-refractivity contribution >= 4 is 26.9 Å². The third-order valence-corrected chi connectivity index (χ3v) is 10.9. The van der Waals surface area contributed by atoms with Gasteiger partial charge in [0.2, 0.25) is 0 Å². The Morgan fingerprint density at radius 3 is 2.40 bits per heavy atom. The Kier molecular flexibility index (Phi) is 8.06. The quantitative estimate of drug-likeness (QED) is 0.251. The maximum Gasteiger partial charge on any atom is 0.337 e. The van der Waals surface area contributed by atoms with Crippen LogP contribution in [0.3, 0.4) is 0 Å². The average Bonchev–Trinajstić information content (AvgIpc) is 3.63. The van der Waals surface area contributed by atoms with Gasteiger partial charge in [-0.1, -0.05) is 29.8 Å². The molecule has 4 aromatic rings. The van der Waals surface area contributed by atoms with Crippen molar-refractivity contribution in [2.45, 2.75) is 56.6 Å². The van der Waals surface area contributed by atoms with Crippen LogP contribution < -0.4 is 4.74 Å². The Bertz CT molecular complexity index is 1750. The number of rotatable bonds is 7. The van der Waals surface area contributed by atoms with E-state index in [4.69, 9.17) is 9.47 Å². The number of fused-ring (bicyclic) bond motifs is 2. The van der Waals surface area contributed by atoms with Crippen molar-refractivity contribution in [3.8, 4) is 5.75 Å². The van der Waals surface area contributed by atoms with Crippen LogP contribution in [-0.4, -0.2) is 68.1 Å². The summed E-state index contributed by atoms with van der Waals surface area (Å²) in [6.45, 7) is 7.35. The summed E-state index contributed by atoms with van der Waals surface area (Å²) < 4.78 is 39.9. The second kappa shape index (κ2) is 11.8. The Balaban J connectivity index is 1.42. The average molecular weight is 602 g/mol. The highest BCUT2D eigenvalue weighted by molar-refractivity contribution is 7.90. The number of hydrogen-bond donors (Lipinski definition) is 0. The van der Waals surface area contributed by atoms with Crippen LogP contribution in [0.25, 0.3) is 10.9 Å². The molecule has 2 fully saturated rings. The molecular formula is C34H39N3O5S. The van der Waals surface area contributed by atoms with Crippen LogP contribution in [-0.2, 0) is 21.3 Å². The number of nitrogens with zero attached hydrogens (tertiary/aromatic N) is 3. The molecule has 2 aliphatic heterocycles. The standard InChI is InChI=1S/C34H39N3O5S/c1-23-7-13-28(14-8-23)43(39,40)37-19-16-29-30(32(41-3)20-24(2)33(29)37)21-36-18-15-27-6-5-17-35(27)22-31(36)25-9-11-26(12-10-25)34(38)42-4/h7-14,16,19-20,27,31H,5-6,15,17-18,21-22H2,1-4H3/t27-,31?/m1/s1. The molecule has 0 spiro atoms. The number of carbonyl (C=O) groups excluding carboxylic acids is 1. The lowest BCUT2D eigenvalue weighted by atomic mass is 10.00. The molecule has 0 amide bonds. The molecule has 0 aliphatic carbocycles. The molecule has 1 unspecified atom stereocenters. The van der Waals surface area contributed by atoms with Crippen molar-refractivity contribution < 1.29 is 22.7 Å². The Labute approximate surface area is 253 Å². The molecule has 2 aliphatic rings. The van der Waals surface area contributed by atoms with E-state index in [1.807, 2.05) is 62.4 Å². The van der Waals surface area contributed by atoms with Gasteiger partial charge in [0, 0.05) is 48.9 Å². The Morgan fingerprint density at radius 1 is 0.953 bits per heavy atom. The van der Waals surface area contributed by atoms with E-state index in [1.54, 1.807) is 25.4 Å². The van der Waals surface area contributed by atoms with E-state index in [0.29, 0.717) is 23.7 Å². The van der Waals surface area contributed by atoms with Crippen LogP contribution in [0.2, 0.25) is 0 Å². The van der Waals surface area contributed by atoms with Crippen molar-refractivity contribution in [2.75, 3.05) is 33.9 Å². The highest BCUT2D eigenvalue weighted by Gasteiger charge is 2.35. The molecular weight excluding hydrogens is 562 g/mol. The van der Waals surface area contributed by atoms with Crippen LogP contribution in [0, 0.1) is 13.8 Å². The summed E-state index contributed by atoms with van der Waals surface area (Å²) in [5, 5.41) is 0.872. The first-order chi connectivity index (χ1) is 20.7. The maximum absolute atomic E-state index is 13.8. The molecule has 2 saturated heterocycles. The largest absolute Gasteiger partial charge is 0.496 e. The van der Waals surface area contributed by atoms with Crippen LogP contribution in [0.5, 0.6) is 5.75 Å². The zero-order chi connectivity index (χ0) is 30.3. The molecule has 0 bridgehead atoms. The lowest BCUT2D eigenvalue weighted by molar-refractivity contribution is 0.0600. The minimum atomic E-state index is -3.80. The van der Waals surface area contributed by atoms with E-state index in [0.717, 1.165) is 59.4 Å². The minimum Gasteiger partial charge on any atom is -0.496 e. The predicted octanol–water partition coefficient (Wildman–Crippen LogP) is 5.70. The van der Waals surface area contributed by atoms with Gasteiger partial charge in [-0.05, 0) is 87.2 Å². The summed E-state index contributed by atoms with van der Waals surface area (Å²) in [6, 6.07) is 19.2. The molecule has 43 heavy (non-hydrogen) atoms. The zero-order valence-electron chi connectivity index (χ0n) is 25.2. The molecule has 2 atom stereocenters. The normalized spacial score (nSPS) is 19.7. The van der Waals surface area contributed by atoms with Gasteiger partial charge in [-0.25, -0.2) is 17.2 Å². The van der Waals surface area contributed by atoms with Gasteiger partial charge in [0.1, 0.15) is 5.75 Å². The Hall–Kier alpha value is -3.66. The van der Waals surface area contributed by atoms with Crippen LogP contribution >= 0.6 is 0 Å². The summed E-state index contributed by atoms with van der Waals surface area (Å²) in [5.41, 5.74) is 5.16. The molecule has 0 radical (unpaired) electrons. The molecule has 3 heterocycles. The molecule has 226 valence electrons. The summed E-state index contributed by atoms with van der Waals surface area (Å²) >= 11 is 0. The monoisotopic (exact) mass is 601 g/mol. The number of esters is 1. The molecule has 8 nitrogen and oxygen atoms in total. The summed E-state index contributed by atoms with van der Waals surface area (Å²) in [6.07, 6.45) is 5.15. The van der Waals surface area contributed by atoms with E-state index < -0.39 is 10.0 Å². The van der Waals surface area contributed by atoms with Crippen molar-refractivity contribution in [1.82, 2.24) is 13.8 Å². The molecule has 0 N–H and O–H groups in total. The summed E-state index contributed by atoms with van der Waals surface area (Å²) in [4.78, 5) is 17.5. The molecule has 1 aromatic heterocycles. The molecule has 6 rings (SSSR count). The summed E-state index contributed by atoms with van der Waals surface area (Å²) in [7, 11) is -0.729. The maximum atomic E-state index is 13.8. The van der Waals surface area contributed by atoms with Crippen LogP contribution in [0.1, 0.15) is 57.9 Å². The van der Waals surface area contributed by atoms with E-state index >= 15 is 0 Å². The van der Waals surface area contributed by atoms with Crippen molar-refractivity contribution in [3.05, 3.63) is 94.7 Å². The lowest BCUT2D eigenvalue weighted by Gasteiger charge is -2.33. The third kappa shape index (κ3) is 5.46. The number of ether oxygens (including phenoxy) is 2. The van der Waals surface area contributed by atoms with Crippen molar-refractivity contribution in [3.63, 3.8) is 0 Å². The topological polar surface area (TPSA) is 81.1 Å². The number of carbonyl (C=O) groups is 1. The first-order valence-electron chi connectivity index (χ1n) is 14.9. The van der Waals surface area contributed by atoms with Gasteiger partial charge < -0.3 is 9.47 Å². The highest BCUT2D eigenvalue weighted by atomic mass is 32.2. The first-order valence-corrected chi connectivity index (χ1v) is 16.3. The van der Waals surface area contributed by atoms with Gasteiger partial charge in [0.15, 0.2) is 0 Å². The first kappa shape index (κ1) is 29.4. The summed E-state index contributed by atoms with van der Waals surface area (Å²) in [5.74, 6) is 0.404. The fourth-order valence-electron chi connectivity index (χ4n) is 6.84. The smallest absolute Gasteiger partial charge is 0.337 e. The van der Waals surface area contributed by atoms with Gasteiger partial charge in [-0.15, -0.1) is 0 Å². The van der Waals surface area contributed by atoms with Gasteiger partial charge in [-0.3, -0.25) is 9.80 Å². The molecule has 3 aromatic carbocycles. The van der Waals surface area contributed by atoms with Gasteiger partial charge in [0.25, 0.3) is 10.0 Å². The molecule has 9 heteroatoms. The van der Waals surface area contributed by atoms with Gasteiger partial charge in [-0.2, -0.15) is 0 Å². The lowest BCUT2D eigenvalue weighted by Crippen LogP contribution is -2.35. The SMILES string of the molecule is COC(=O)c1ccc(C2CN3CCC[C@@H]3CCN2Cc2c(OC)cc(C)c3c2ccn3S(=O)(=O)c2ccc(C)cc2)cc1. The van der Waals surface area contributed by atoms with E-state index in [2.05, 4.69) is 9.80 Å². The Morgan fingerprint density at radius 2 is 1.70 bits per heavy atom. The van der Waals surface area contributed by atoms with Gasteiger partial charge in [0.05, 0.1) is 30.2 Å². The van der Waals surface area contributed by atoms with E-state index in [-0.39, 0.29) is 16.9 Å². The van der Waals surface area contributed by atoms with Crippen molar-refractivity contribution in [2.24, 2.45) is 0 Å². The second-order valence-corrected chi connectivity index (χ2v) is 13.6. The fourth-order valence-corrected chi connectivity index (χ4v) is 8.25. The van der Waals surface area contributed by atoms with Crippen LogP contribution in [0.15, 0.2) is 71.8 Å². The van der Waals surface area contributed by atoms with E-state index in [1.165, 1.54) is 23.9 Å².